The van der Waals surface area contributed by atoms with Crippen molar-refractivity contribution >= 4 is 11.3 Å². The molecule has 2 heterocycles. The van der Waals surface area contributed by atoms with E-state index in [1.54, 1.807) is 11.3 Å². The van der Waals surface area contributed by atoms with Crippen molar-refractivity contribution in [1.29, 1.82) is 0 Å². The highest BCUT2D eigenvalue weighted by Crippen LogP contribution is 2.15. The van der Waals surface area contributed by atoms with Crippen molar-refractivity contribution in [1.82, 2.24) is 19.7 Å². The van der Waals surface area contributed by atoms with Crippen molar-refractivity contribution in [2.75, 3.05) is 7.05 Å². The van der Waals surface area contributed by atoms with Crippen molar-refractivity contribution in [2.45, 2.75) is 20.0 Å². The summed E-state index contributed by atoms with van der Waals surface area (Å²) in [4.78, 5) is 7.66. The zero-order valence-electron chi connectivity index (χ0n) is 12.2. The van der Waals surface area contributed by atoms with Crippen molar-refractivity contribution in [3.05, 3.63) is 64.4 Å². The molecular formula is C16H18N4S. The first-order valence-electron chi connectivity index (χ1n) is 6.88. The molecule has 21 heavy (non-hydrogen) atoms. The molecule has 5 heteroatoms. The maximum atomic E-state index is 4.48. The summed E-state index contributed by atoms with van der Waals surface area (Å²) in [6.45, 7) is 3.90. The number of nitrogens with zero attached hydrogens (tertiary/aromatic N) is 4. The fourth-order valence-corrected chi connectivity index (χ4v) is 3.02. The highest BCUT2D eigenvalue weighted by atomic mass is 32.1. The summed E-state index contributed by atoms with van der Waals surface area (Å²) in [5.41, 5.74) is 5.45. The zero-order chi connectivity index (χ0) is 14.7. The SMILES string of the molecule is Cc1ccccc1-n1cc(CN(C)Cc2cncs2)cn1. The Hall–Kier alpha value is -1.98. The molecule has 0 bridgehead atoms. The highest BCUT2D eigenvalue weighted by Gasteiger charge is 2.07. The topological polar surface area (TPSA) is 34.0 Å². The van der Waals surface area contributed by atoms with Gasteiger partial charge in [0.25, 0.3) is 0 Å². The van der Waals surface area contributed by atoms with E-state index < -0.39 is 0 Å². The molecule has 0 amide bonds. The molecule has 0 atom stereocenters. The van der Waals surface area contributed by atoms with Crippen LogP contribution in [-0.4, -0.2) is 26.7 Å². The number of para-hydroxylation sites is 1. The molecule has 0 saturated carbocycles. The minimum atomic E-state index is 0.879. The lowest BCUT2D eigenvalue weighted by molar-refractivity contribution is 0.322. The van der Waals surface area contributed by atoms with Gasteiger partial charge in [-0.15, -0.1) is 11.3 Å². The molecule has 0 aliphatic heterocycles. The number of rotatable bonds is 5. The molecule has 1 aromatic carbocycles. The van der Waals surface area contributed by atoms with Gasteiger partial charge in [0.1, 0.15) is 0 Å². The second kappa shape index (κ2) is 6.20. The zero-order valence-corrected chi connectivity index (χ0v) is 13.0. The average Bonchev–Trinajstić information content (AvgIpc) is 3.11. The molecule has 0 N–H and O–H groups in total. The first-order chi connectivity index (χ1) is 10.2. The van der Waals surface area contributed by atoms with Gasteiger partial charge >= 0.3 is 0 Å². The van der Waals surface area contributed by atoms with Crippen LogP contribution in [0.1, 0.15) is 16.0 Å². The van der Waals surface area contributed by atoms with E-state index in [0.29, 0.717) is 0 Å². The fourth-order valence-electron chi connectivity index (χ4n) is 2.35. The first kappa shape index (κ1) is 14.0. The molecule has 0 unspecified atom stereocenters. The maximum absolute atomic E-state index is 4.48. The van der Waals surface area contributed by atoms with Crippen LogP contribution in [0.2, 0.25) is 0 Å². The van der Waals surface area contributed by atoms with E-state index >= 15 is 0 Å². The Morgan fingerprint density at radius 3 is 2.81 bits per heavy atom. The van der Waals surface area contributed by atoms with Crippen LogP contribution in [-0.2, 0) is 13.1 Å². The summed E-state index contributed by atoms with van der Waals surface area (Å²) in [6, 6.07) is 8.28. The average molecular weight is 298 g/mol. The van der Waals surface area contributed by atoms with Gasteiger partial charge in [-0.05, 0) is 25.6 Å². The third kappa shape index (κ3) is 3.37. The van der Waals surface area contributed by atoms with Crippen LogP contribution in [0.3, 0.4) is 0 Å². The Morgan fingerprint density at radius 2 is 2.05 bits per heavy atom. The summed E-state index contributed by atoms with van der Waals surface area (Å²) in [5.74, 6) is 0. The number of benzene rings is 1. The molecule has 3 aromatic rings. The van der Waals surface area contributed by atoms with Crippen LogP contribution in [0.4, 0.5) is 0 Å². The fraction of sp³-hybridized carbons (Fsp3) is 0.250. The summed E-state index contributed by atoms with van der Waals surface area (Å²) in [6.07, 6.45) is 5.97. The Bertz CT molecular complexity index is 703. The lowest BCUT2D eigenvalue weighted by Crippen LogP contribution is -2.16. The number of aryl methyl sites for hydroxylation is 1. The van der Waals surface area contributed by atoms with E-state index in [2.05, 4.69) is 47.3 Å². The third-order valence-electron chi connectivity index (χ3n) is 3.36. The molecule has 3 rings (SSSR count). The molecule has 0 radical (unpaired) electrons. The molecule has 108 valence electrons. The molecule has 0 aliphatic carbocycles. The maximum Gasteiger partial charge on any atom is 0.0794 e. The van der Waals surface area contributed by atoms with Crippen LogP contribution < -0.4 is 0 Å². The first-order valence-corrected chi connectivity index (χ1v) is 7.76. The predicted molar refractivity (Wildman–Crippen MR) is 85.6 cm³/mol. The second-order valence-electron chi connectivity index (χ2n) is 5.22. The van der Waals surface area contributed by atoms with E-state index in [1.807, 2.05) is 34.7 Å². The lowest BCUT2D eigenvalue weighted by atomic mass is 10.2. The molecule has 4 nitrogen and oxygen atoms in total. The molecule has 0 spiro atoms. The van der Waals surface area contributed by atoms with Gasteiger partial charge in [0, 0.05) is 35.9 Å². The van der Waals surface area contributed by atoms with Crippen LogP contribution in [0.25, 0.3) is 5.69 Å². The van der Waals surface area contributed by atoms with Crippen LogP contribution >= 0.6 is 11.3 Å². The van der Waals surface area contributed by atoms with Crippen LogP contribution in [0, 0.1) is 6.92 Å². The monoisotopic (exact) mass is 298 g/mol. The minimum absolute atomic E-state index is 0.879. The summed E-state index contributed by atoms with van der Waals surface area (Å²) in [7, 11) is 2.12. The highest BCUT2D eigenvalue weighted by molar-refractivity contribution is 7.09. The Morgan fingerprint density at radius 1 is 1.19 bits per heavy atom. The van der Waals surface area contributed by atoms with E-state index in [0.717, 1.165) is 18.8 Å². The molecule has 2 aromatic heterocycles. The quantitative estimate of drug-likeness (QED) is 0.725. The smallest absolute Gasteiger partial charge is 0.0794 e. The van der Waals surface area contributed by atoms with Crippen molar-refractivity contribution in [2.24, 2.45) is 0 Å². The van der Waals surface area contributed by atoms with Gasteiger partial charge in [-0.2, -0.15) is 5.10 Å². The Balaban J connectivity index is 1.69. The standard InChI is InChI=1S/C16H18N4S/c1-13-5-3-4-6-16(13)20-10-14(7-18-20)9-19(2)11-15-8-17-12-21-15/h3-8,10,12H,9,11H2,1-2H3. The number of hydrogen-bond donors (Lipinski definition) is 0. The Kier molecular flexibility index (Phi) is 4.13. The van der Waals surface area contributed by atoms with E-state index in [4.69, 9.17) is 0 Å². The minimum Gasteiger partial charge on any atom is -0.297 e. The molecule has 0 fully saturated rings. The largest absolute Gasteiger partial charge is 0.297 e. The summed E-state index contributed by atoms with van der Waals surface area (Å²) < 4.78 is 1.95. The van der Waals surface area contributed by atoms with E-state index in [-0.39, 0.29) is 0 Å². The van der Waals surface area contributed by atoms with Crippen molar-refractivity contribution in [3.8, 4) is 5.69 Å². The normalized spacial score (nSPS) is 11.2. The van der Waals surface area contributed by atoms with Crippen LogP contribution in [0.5, 0.6) is 0 Å². The predicted octanol–water partition coefficient (Wildman–Crippen LogP) is 3.27. The van der Waals surface area contributed by atoms with Crippen molar-refractivity contribution in [3.63, 3.8) is 0 Å². The molecule has 0 aliphatic rings. The number of thiazole rings is 1. The van der Waals surface area contributed by atoms with Crippen LogP contribution in [0.15, 0.2) is 48.4 Å². The van der Waals surface area contributed by atoms with Gasteiger partial charge in [-0.1, -0.05) is 18.2 Å². The molecule has 0 saturated heterocycles. The van der Waals surface area contributed by atoms with Crippen molar-refractivity contribution < 1.29 is 0 Å². The third-order valence-corrected chi connectivity index (χ3v) is 4.12. The van der Waals surface area contributed by atoms with Gasteiger partial charge in [-0.25, -0.2) is 4.68 Å². The van der Waals surface area contributed by atoms with Gasteiger partial charge in [-0.3, -0.25) is 9.88 Å². The summed E-state index contributed by atoms with van der Waals surface area (Å²) in [5, 5.41) is 4.48. The van der Waals surface area contributed by atoms with Gasteiger partial charge < -0.3 is 0 Å². The van der Waals surface area contributed by atoms with Gasteiger partial charge in [0.15, 0.2) is 0 Å². The summed E-state index contributed by atoms with van der Waals surface area (Å²) >= 11 is 1.69. The second-order valence-corrected chi connectivity index (χ2v) is 6.19. The molecular weight excluding hydrogens is 280 g/mol. The Labute approximate surface area is 128 Å². The number of aromatic nitrogens is 3. The van der Waals surface area contributed by atoms with E-state index in [9.17, 15) is 0 Å². The van der Waals surface area contributed by atoms with E-state index in [1.165, 1.54) is 16.0 Å². The van der Waals surface area contributed by atoms with Gasteiger partial charge in [0.05, 0.1) is 17.4 Å². The van der Waals surface area contributed by atoms with Gasteiger partial charge in [0.2, 0.25) is 0 Å². The number of hydrogen-bond acceptors (Lipinski definition) is 4. The lowest BCUT2D eigenvalue weighted by Gasteiger charge is -2.13.